The molecule has 1 aromatic heterocycles. The van der Waals surface area contributed by atoms with Crippen LogP contribution in [0.15, 0.2) is 43.0 Å². The van der Waals surface area contributed by atoms with Gasteiger partial charge in [-0.05, 0) is 37.6 Å². The minimum Gasteiger partial charge on any atom is -0.388 e. The van der Waals surface area contributed by atoms with Crippen LogP contribution in [0.4, 0.5) is 0 Å². The summed E-state index contributed by atoms with van der Waals surface area (Å²) in [6.45, 7) is 2.18. The molecular weight excluding hydrogens is 282 g/mol. The molecule has 1 amide bonds. The molecule has 0 saturated carbocycles. The molecule has 2 N–H and O–H groups in total. The lowest BCUT2D eigenvalue weighted by molar-refractivity contribution is -0.0999. The fourth-order valence-corrected chi connectivity index (χ4v) is 2.58. The normalized spacial score (nSPS) is 25.2. The monoisotopic (exact) mass is 301 g/mol. The highest BCUT2D eigenvalue weighted by Gasteiger charge is 2.37. The number of imidazole rings is 1. The zero-order valence-electron chi connectivity index (χ0n) is 12.4. The number of benzene rings is 1. The van der Waals surface area contributed by atoms with Gasteiger partial charge in [0.15, 0.2) is 0 Å². The van der Waals surface area contributed by atoms with Gasteiger partial charge in [0.25, 0.3) is 5.91 Å². The Morgan fingerprint density at radius 1 is 1.36 bits per heavy atom. The molecular formula is C16H19N3O3. The number of carbonyl (C=O) groups is 1. The maximum absolute atomic E-state index is 12.5. The third kappa shape index (κ3) is 2.75. The van der Waals surface area contributed by atoms with Gasteiger partial charge in [-0.3, -0.25) is 4.79 Å². The lowest BCUT2D eigenvalue weighted by Gasteiger charge is -2.39. The molecule has 0 aliphatic carbocycles. The number of hydrogen-bond donors (Lipinski definition) is 2. The van der Waals surface area contributed by atoms with E-state index < -0.39 is 11.7 Å². The maximum atomic E-state index is 12.5. The van der Waals surface area contributed by atoms with Crippen molar-refractivity contribution in [2.45, 2.75) is 25.0 Å². The highest BCUT2D eigenvalue weighted by atomic mass is 16.3. The third-order valence-corrected chi connectivity index (χ3v) is 4.20. The smallest absolute Gasteiger partial charge is 0.253 e. The molecule has 6 nitrogen and oxygen atoms in total. The van der Waals surface area contributed by atoms with E-state index in [2.05, 4.69) is 4.98 Å². The molecule has 116 valence electrons. The molecule has 0 bridgehead atoms. The minimum absolute atomic E-state index is 0.133. The Morgan fingerprint density at radius 2 is 2.09 bits per heavy atom. The Kier molecular flexibility index (Phi) is 3.72. The van der Waals surface area contributed by atoms with Crippen molar-refractivity contribution in [3.63, 3.8) is 0 Å². The first-order chi connectivity index (χ1) is 10.5. The number of amides is 1. The molecule has 0 spiro atoms. The standard InChI is InChI=1S/C16H19N3O3/c1-16(22)6-8-18(10-14(16)20)15(21)12-2-4-13(5-3-12)19-9-7-17-11-19/h2-5,7,9,11,14,20,22H,6,8,10H2,1H3. The van der Waals surface area contributed by atoms with Gasteiger partial charge in [0.2, 0.25) is 0 Å². The van der Waals surface area contributed by atoms with Crippen LogP contribution in [-0.2, 0) is 0 Å². The summed E-state index contributed by atoms with van der Waals surface area (Å²) in [5.74, 6) is -0.133. The molecule has 1 saturated heterocycles. The zero-order valence-corrected chi connectivity index (χ0v) is 12.4. The van der Waals surface area contributed by atoms with Gasteiger partial charge in [-0.15, -0.1) is 0 Å². The predicted molar refractivity (Wildman–Crippen MR) is 80.7 cm³/mol. The maximum Gasteiger partial charge on any atom is 0.253 e. The van der Waals surface area contributed by atoms with Crippen molar-refractivity contribution < 1.29 is 15.0 Å². The fourth-order valence-electron chi connectivity index (χ4n) is 2.58. The lowest BCUT2D eigenvalue weighted by atomic mass is 9.90. The number of hydrogen-bond acceptors (Lipinski definition) is 4. The van der Waals surface area contributed by atoms with Crippen LogP contribution in [0.2, 0.25) is 0 Å². The van der Waals surface area contributed by atoms with Crippen LogP contribution >= 0.6 is 0 Å². The number of nitrogens with zero attached hydrogens (tertiary/aromatic N) is 3. The van der Waals surface area contributed by atoms with Crippen molar-refractivity contribution in [3.05, 3.63) is 48.5 Å². The van der Waals surface area contributed by atoms with Gasteiger partial charge >= 0.3 is 0 Å². The fraction of sp³-hybridized carbons (Fsp3) is 0.375. The molecule has 2 aromatic rings. The molecule has 1 fully saturated rings. The van der Waals surface area contributed by atoms with E-state index in [0.29, 0.717) is 18.5 Å². The quantitative estimate of drug-likeness (QED) is 0.861. The minimum atomic E-state index is -1.12. The van der Waals surface area contributed by atoms with Gasteiger partial charge in [-0.25, -0.2) is 4.98 Å². The Morgan fingerprint density at radius 3 is 2.68 bits per heavy atom. The van der Waals surface area contributed by atoms with Crippen molar-refractivity contribution in [2.24, 2.45) is 0 Å². The van der Waals surface area contributed by atoms with Gasteiger partial charge < -0.3 is 19.7 Å². The summed E-state index contributed by atoms with van der Waals surface area (Å²) in [7, 11) is 0. The van der Waals surface area contributed by atoms with Gasteiger partial charge in [0.05, 0.1) is 18.0 Å². The van der Waals surface area contributed by atoms with Crippen LogP contribution in [0.3, 0.4) is 0 Å². The van der Waals surface area contributed by atoms with Crippen LogP contribution in [0.5, 0.6) is 0 Å². The summed E-state index contributed by atoms with van der Waals surface area (Å²) >= 11 is 0. The van der Waals surface area contributed by atoms with E-state index in [1.54, 1.807) is 36.5 Å². The summed E-state index contributed by atoms with van der Waals surface area (Å²) in [6.07, 6.45) is 4.67. The average Bonchev–Trinajstić information content (AvgIpc) is 3.04. The van der Waals surface area contributed by atoms with Crippen LogP contribution < -0.4 is 0 Å². The highest BCUT2D eigenvalue weighted by Crippen LogP contribution is 2.23. The van der Waals surface area contributed by atoms with Crippen molar-refractivity contribution in [3.8, 4) is 5.69 Å². The lowest BCUT2D eigenvalue weighted by Crippen LogP contribution is -2.55. The van der Waals surface area contributed by atoms with Gasteiger partial charge in [-0.1, -0.05) is 0 Å². The van der Waals surface area contributed by atoms with Crippen LogP contribution in [0.25, 0.3) is 5.69 Å². The SMILES string of the molecule is CC1(O)CCN(C(=O)c2ccc(-n3ccnc3)cc2)CC1O. The summed E-state index contributed by atoms with van der Waals surface area (Å²) < 4.78 is 1.86. The van der Waals surface area contributed by atoms with E-state index in [1.165, 1.54) is 0 Å². The first-order valence-electron chi connectivity index (χ1n) is 7.25. The van der Waals surface area contributed by atoms with E-state index in [0.717, 1.165) is 5.69 Å². The molecule has 2 heterocycles. The number of aromatic nitrogens is 2. The van der Waals surface area contributed by atoms with E-state index in [-0.39, 0.29) is 12.5 Å². The predicted octanol–water partition coefficient (Wildman–Crippen LogP) is 0.830. The van der Waals surface area contributed by atoms with Crippen molar-refractivity contribution >= 4 is 5.91 Å². The van der Waals surface area contributed by atoms with Crippen LogP contribution in [0.1, 0.15) is 23.7 Å². The zero-order chi connectivity index (χ0) is 15.7. The van der Waals surface area contributed by atoms with Gasteiger partial charge in [0.1, 0.15) is 0 Å². The Bertz CT molecular complexity index is 650. The number of aliphatic hydroxyl groups is 2. The number of rotatable bonds is 2. The molecule has 1 aliphatic rings. The van der Waals surface area contributed by atoms with Gasteiger partial charge in [-0.2, -0.15) is 0 Å². The number of β-amino-alcohol motifs (C(OH)–C–C–N with tert-alkyl or cyclic N) is 1. The molecule has 3 rings (SSSR count). The largest absolute Gasteiger partial charge is 0.388 e. The van der Waals surface area contributed by atoms with E-state index in [4.69, 9.17) is 0 Å². The molecule has 2 atom stereocenters. The molecule has 0 radical (unpaired) electrons. The average molecular weight is 301 g/mol. The summed E-state index contributed by atoms with van der Waals surface area (Å²) in [5, 5.41) is 19.9. The second-order valence-electron chi connectivity index (χ2n) is 5.89. The van der Waals surface area contributed by atoms with E-state index in [1.807, 2.05) is 22.9 Å². The topological polar surface area (TPSA) is 78.6 Å². The third-order valence-electron chi connectivity index (χ3n) is 4.20. The van der Waals surface area contributed by atoms with Crippen molar-refractivity contribution in [1.82, 2.24) is 14.5 Å². The second-order valence-corrected chi connectivity index (χ2v) is 5.89. The van der Waals surface area contributed by atoms with Gasteiger partial charge in [0, 0.05) is 36.7 Å². The molecule has 22 heavy (non-hydrogen) atoms. The summed E-state index contributed by atoms with van der Waals surface area (Å²) in [4.78, 5) is 18.0. The van der Waals surface area contributed by atoms with Crippen molar-refractivity contribution in [2.75, 3.05) is 13.1 Å². The first-order valence-corrected chi connectivity index (χ1v) is 7.25. The van der Waals surface area contributed by atoms with Crippen molar-refractivity contribution in [1.29, 1.82) is 0 Å². The van der Waals surface area contributed by atoms with E-state index in [9.17, 15) is 15.0 Å². The number of piperidine rings is 1. The summed E-state index contributed by atoms with van der Waals surface area (Å²) in [5.41, 5.74) is 0.371. The first kappa shape index (κ1) is 14.7. The second kappa shape index (κ2) is 5.55. The Hall–Kier alpha value is -2.18. The number of aliphatic hydroxyl groups excluding tert-OH is 1. The van der Waals surface area contributed by atoms with Crippen LogP contribution in [-0.4, -0.2) is 55.4 Å². The molecule has 1 aromatic carbocycles. The number of carbonyl (C=O) groups excluding carboxylic acids is 1. The highest BCUT2D eigenvalue weighted by molar-refractivity contribution is 5.94. The molecule has 6 heteroatoms. The molecule has 1 aliphatic heterocycles. The Balaban J connectivity index is 1.73. The van der Waals surface area contributed by atoms with Crippen LogP contribution in [0, 0.1) is 0 Å². The molecule has 2 unspecified atom stereocenters. The van der Waals surface area contributed by atoms with E-state index >= 15 is 0 Å². The Labute approximate surface area is 128 Å². The summed E-state index contributed by atoms with van der Waals surface area (Å²) in [6, 6.07) is 7.23. The number of likely N-dealkylation sites (tertiary alicyclic amines) is 1.